The van der Waals surface area contributed by atoms with Gasteiger partial charge in [0.1, 0.15) is 23.9 Å². The van der Waals surface area contributed by atoms with Gasteiger partial charge in [-0.1, -0.05) is 69.3 Å². The number of benzene rings is 2. The molecule has 2 bridgehead atoms. The second-order valence-corrected chi connectivity index (χ2v) is 15.1. The summed E-state index contributed by atoms with van der Waals surface area (Å²) < 4.78 is 18.5. The summed E-state index contributed by atoms with van der Waals surface area (Å²) >= 11 is 0. The Balaban J connectivity index is 1.48. The molecule has 0 amide bonds. The average Bonchev–Trinajstić information content (AvgIpc) is 3.03. The Labute approximate surface area is 275 Å². The smallest absolute Gasteiger partial charge is 0.338 e. The lowest BCUT2D eigenvalue weighted by molar-refractivity contribution is -0.310. The molecule has 0 spiro atoms. The predicted molar refractivity (Wildman–Crippen MR) is 172 cm³/mol. The fourth-order valence-corrected chi connectivity index (χ4v) is 8.96. The molecule has 0 radical (unpaired) electrons. The number of ether oxygens (including phenoxy) is 3. The van der Waals surface area contributed by atoms with E-state index in [1.54, 1.807) is 65.0 Å². The standard InChI is InChI=1S/C38H46O9/c1-21(17-23-13-9-7-10-14-23)33(42)46-26-18-38(44)32(47-34(43)24-15-11-8-12-16-24)29-25-20-45-36(25,5)19-27(39)37(29,6)31(41)30(40)28(22(26)2)35(38,3)4/h7-16,21,25-27,29-30,32,39-40,44H,17-20H2,1-6H3/t21?,25?,26-,27-,29-,30+,32-,36+,37+,38+/m0/s1. The van der Waals surface area contributed by atoms with Crippen LogP contribution >= 0.6 is 0 Å². The number of carbonyl (C=O) groups excluding carboxylic acids is 3. The highest BCUT2D eigenvalue weighted by Crippen LogP contribution is 2.64. The van der Waals surface area contributed by atoms with Crippen molar-refractivity contribution in [3.05, 3.63) is 82.9 Å². The summed E-state index contributed by atoms with van der Waals surface area (Å²) in [6, 6.07) is 18.0. The second-order valence-electron chi connectivity index (χ2n) is 15.1. The number of aliphatic hydroxyl groups is 3. The van der Waals surface area contributed by atoms with Crippen LogP contribution < -0.4 is 0 Å². The molecule has 252 valence electrons. The van der Waals surface area contributed by atoms with Gasteiger partial charge in [-0.15, -0.1) is 0 Å². The monoisotopic (exact) mass is 646 g/mol. The third kappa shape index (κ3) is 5.09. The van der Waals surface area contributed by atoms with E-state index in [9.17, 15) is 29.7 Å². The minimum absolute atomic E-state index is 0.141. The average molecular weight is 647 g/mol. The van der Waals surface area contributed by atoms with Crippen molar-refractivity contribution in [2.45, 2.75) is 96.4 Å². The van der Waals surface area contributed by atoms with Crippen molar-refractivity contribution in [3.63, 3.8) is 0 Å². The summed E-state index contributed by atoms with van der Waals surface area (Å²) in [4.78, 5) is 42.0. The van der Waals surface area contributed by atoms with Gasteiger partial charge in [0, 0.05) is 30.1 Å². The number of esters is 2. The fraction of sp³-hybridized carbons (Fsp3) is 0.553. The summed E-state index contributed by atoms with van der Waals surface area (Å²) in [5, 5.41) is 36.8. The molecular formula is C38H46O9. The Bertz CT molecular complexity index is 1580. The molecule has 6 rings (SSSR count). The second kappa shape index (κ2) is 11.7. The fourth-order valence-electron chi connectivity index (χ4n) is 8.96. The van der Waals surface area contributed by atoms with Crippen LogP contribution in [0.5, 0.6) is 0 Å². The maximum absolute atomic E-state index is 14.6. The summed E-state index contributed by atoms with van der Waals surface area (Å²) in [5.74, 6) is -3.66. The van der Waals surface area contributed by atoms with E-state index in [2.05, 4.69) is 0 Å². The van der Waals surface area contributed by atoms with Crippen molar-refractivity contribution >= 4 is 17.7 Å². The van der Waals surface area contributed by atoms with Crippen molar-refractivity contribution in [3.8, 4) is 0 Å². The van der Waals surface area contributed by atoms with Gasteiger partial charge in [-0.2, -0.15) is 0 Å². The topological polar surface area (TPSA) is 140 Å². The number of fused-ring (bicyclic) bond motifs is 5. The van der Waals surface area contributed by atoms with E-state index in [0.29, 0.717) is 12.0 Å². The quantitative estimate of drug-likeness (QED) is 0.311. The number of aliphatic hydroxyl groups excluding tert-OH is 2. The molecule has 1 saturated heterocycles. The van der Waals surface area contributed by atoms with E-state index in [0.717, 1.165) is 5.56 Å². The lowest BCUT2D eigenvalue weighted by Crippen LogP contribution is -2.77. The normalized spacial score (nSPS) is 38.1. The molecule has 1 aliphatic heterocycles. The van der Waals surface area contributed by atoms with Crippen molar-refractivity contribution < 1.29 is 43.9 Å². The van der Waals surface area contributed by atoms with Crippen LogP contribution in [0.15, 0.2) is 71.8 Å². The van der Waals surface area contributed by atoms with Crippen molar-refractivity contribution in [1.82, 2.24) is 0 Å². The minimum Gasteiger partial charge on any atom is -0.458 e. The molecule has 3 N–H and O–H groups in total. The van der Waals surface area contributed by atoms with Gasteiger partial charge in [0.25, 0.3) is 0 Å². The first-order chi connectivity index (χ1) is 22.1. The van der Waals surface area contributed by atoms with E-state index < -0.39 is 76.0 Å². The zero-order valence-electron chi connectivity index (χ0n) is 27.9. The number of rotatable bonds is 6. The van der Waals surface area contributed by atoms with Crippen LogP contribution in [-0.2, 0) is 30.2 Å². The van der Waals surface area contributed by atoms with E-state index in [4.69, 9.17) is 14.2 Å². The lowest BCUT2D eigenvalue weighted by atomic mass is 9.44. The molecule has 4 aliphatic rings. The van der Waals surface area contributed by atoms with Crippen LogP contribution in [0, 0.1) is 28.6 Å². The van der Waals surface area contributed by atoms with Gasteiger partial charge < -0.3 is 29.5 Å². The summed E-state index contributed by atoms with van der Waals surface area (Å²) in [6.45, 7) is 10.6. The van der Waals surface area contributed by atoms with E-state index in [-0.39, 0.29) is 36.5 Å². The summed E-state index contributed by atoms with van der Waals surface area (Å²) in [6.07, 6.45) is -4.90. The molecule has 2 aromatic rings. The van der Waals surface area contributed by atoms with Gasteiger partial charge >= 0.3 is 11.9 Å². The van der Waals surface area contributed by atoms with Crippen molar-refractivity contribution in [2.24, 2.45) is 28.6 Å². The Morgan fingerprint density at radius 2 is 1.57 bits per heavy atom. The maximum Gasteiger partial charge on any atom is 0.338 e. The van der Waals surface area contributed by atoms with Gasteiger partial charge in [0.15, 0.2) is 5.78 Å². The van der Waals surface area contributed by atoms with Crippen LogP contribution in [0.4, 0.5) is 0 Å². The molecule has 9 heteroatoms. The Kier molecular flexibility index (Phi) is 8.31. The summed E-state index contributed by atoms with van der Waals surface area (Å²) in [5.41, 5.74) is -3.82. The highest BCUT2D eigenvalue weighted by atomic mass is 16.6. The van der Waals surface area contributed by atoms with Gasteiger partial charge in [-0.25, -0.2) is 4.79 Å². The molecule has 3 fully saturated rings. The van der Waals surface area contributed by atoms with E-state index in [1.165, 1.54) is 0 Å². The first-order valence-electron chi connectivity index (χ1n) is 16.5. The van der Waals surface area contributed by atoms with Crippen LogP contribution in [0.3, 0.4) is 0 Å². The molecule has 2 unspecified atom stereocenters. The number of hydrogen-bond donors (Lipinski definition) is 3. The molecule has 1 heterocycles. The lowest BCUT2D eigenvalue weighted by Gasteiger charge is -2.67. The molecular weight excluding hydrogens is 600 g/mol. The maximum atomic E-state index is 14.6. The first-order valence-corrected chi connectivity index (χ1v) is 16.5. The van der Waals surface area contributed by atoms with Crippen molar-refractivity contribution in [2.75, 3.05) is 6.61 Å². The largest absolute Gasteiger partial charge is 0.458 e. The highest BCUT2D eigenvalue weighted by Gasteiger charge is 2.74. The van der Waals surface area contributed by atoms with Crippen LogP contribution in [0.1, 0.15) is 70.3 Å². The third-order valence-electron chi connectivity index (χ3n) is 12.1. The molecule has 2 saturated carbocycles. The molecule has 3 aliphatic carbocycles. The Morgan fingerprint density at radius 1 is 0.957 bits per heavy atom. The van der Waals surface area contributed by atoms with Crippen LogP contribution in [-0.4, -0.2) is 75.3 Å². The van der Waals surface area contributed by atoms with Crippen LogP contribution in [0.2, 0.25) is 0 Å². The molecule has 47 heavy (non-hydrogen) atoms. The van der Waals surface area contributed by atoms with E-state index in [1.807, 2.05) is 37.3 Å². The molecule has 9 nitrogen and oxygen atoms in total. The van der Waals surface area contributed by atoms with Gasteiger partial charge in [0.2, 0.25) is 0 Å². The highest BCUT2D eigenvalue weighted by molar-refractivity contribution is 5.94. The number of carbonyl (C=O) groups is 3. The number of hydrogen-bond acceptors (Lipinski definition) is 9. The van der Waals surface area contributed by atoms with Gasteiger partial charge in [0.05, 0.1) is 35.2 Å². The van der Waals surface area contributed by atoms with Gasteiger partial charge in [-0.05, 0) is 56.0 Å². The Morgan fingerprint density at radius 3 is 2.17 bits per heavy atom. The summed E-state index contributed by atoms with van der Waals surface area (Å²) in [7, 11) is 0. The van der Waals surface area contributed by atoms with Gasteiger partial charge in [-0.3, -0.25) is 9.59 Å². The van der Waals surface area contributed by atoms with Crippen LogP contribution in [0.25, 0.3) is 0 Å². The molecule has 0 aromatic heterocycles. The zero-order chi connectivity index (χ0) is 34.1. The predicted octanol–water partition coefficient (Wildman–Crippen LogP) is 4.22. The van der Waals surface area contributed by atoms with Crippen molar-refractivity contribution in [1.29, 1.82) is 0 Å². The molecule has 2 aromatic carbocycles. The first kappa shape index (κ1) is 33.5. The Hall–Kier alpha value is -3.37. The SMILES string of the molecule is CC1=C2[C@@H](O)C(=O)[C@]3(C)[C@@H](O)C[C@@]4(C)OCC4[C@H]3[C@H](OC(=O)c3ccccc3)[C@](O)(C[C@@H]1OC(=O)C(C)Cc1ccccc1)C2(C)C. The molecule has 10 atom stereocenters. The van der Waals surface area contributed by atoms with E-state index >= 15 is 0 Å². The zero-order valence-corrected chi connectivity index (χ0v) is 27.9. The third-order valence-corrected chi connectivity index (χ3v) is 12.1. The minimum atomic E-state index is -1.94. The number of ketones is 1. The number of Topliss-reactive ketones (excluding diaryl/α,β-unsaturated/α-hetero) is 1.